The number of carbonyl (C=O) groups excluding carboxylic acids is 2. The number of carbonyl (C=O) groups is 2. The van der Waals surface area contributed by atoms with E-state index in [2.05, 4.69) is 16.5 Å². The summed E-state index contributed by atoms with van der Waals surface area (Å²) in [7, 11) is 1.87. The van der Waals surface area contributed by atoms with Crippen molar-refractivity contribution in [2.75, 3.05) is 0 Å². The van der Waals surface area contributed by atoms with Gasteiger partial charge in [0.25, 0.3) is 0 Å². The van der Waals surface area contributed by atoms with Gasteiger partial charge in [-0.05, 0) is 86.3 Å². The summed E-state index contributed by atoms with van der Waals surface area (Å²) in [6, 6.07) is 11.3. The van der Waals surface area contributed by atoms with Gasteiger partial charge in [0.15, 0.2) is 0 Å². The number of likely N-dealkylation sites (tertiary alicyclic amines) is 1. The highest BCUT2D eigenvalue weighted by Gasteiger charge is 2.67. The van der Waals surface area contributed by atoms with Gasteiger partial charge in [0.05, 0.1) is 17.8 Å². The highest BCUT2D eigenvalue weighted by Crippen LogP contribution is 2.63. The van der Waals surface area contributed by atoms with E-state index in [1.165, 1.54) is 6.07 Å². The Morgan fingerprint density at radius 3 is 2.62 bits per heavy atom. The number of fused-ring (bicyclic) bond motifs is 6. The summed E-state index contributed by atoms with van der Waals surface area (Å²) in [6.07, 6.45) is 3.11. The van der Waals surface area contributed by atoms with Crippen LogP contribution < -0.4 is 5.32 Å². The van der Waals surface area contributed by atoms with E-state index in [0.717, 1.165) is 29.3 Å². The van der Waals surface area contributed by atoms with Gasteiger partial charge in [-0.25, -0.2) is 9.18 Å². The van der Waals surface area contributed by atoms with Gasteiger partial charge in [-0.15, -0.1) is 0 Å². The Morgan fingerprint density at radius 1 is 1.15 bits per heavy atom. The number of nitriles is 1. The van der Waals surface area contributed by atoms with Gasteiger partial charge in [-0.1, -0.05) is 18.2 Å². The first-order valence-corrected chi connectivity index (χ1v) is 13.5. The number of halogens is 1. The molecule has 202 valence electrons. The maximum atomic E-state index is 15.2. The lowest BCUT2D eigenvalue weighted by molar-refractivity contribution is -0.128. The number of hydrogen-bond donors (Lipinski definition) is 1. The zero-order valence-corrected chi connectivity index (χ0v) is 22.5. The molecule has 0 spiro atoms. The summed E-state index contributed by atoms with van der Waals surface area (Å²) < 4.78 is 22.6. The monoisotopic (exact) mass is 529 g/mol. The fourth-order valence-electron chi connectivity index (χ4n) is 6.62. The molecule has 3 aliphatic rings. The van der Waals surface area contributed by atoms with Crippen LogP contribution in [0.15, 0.2) is 42.6 Å². The first kappa shape index (κ1) is 25.4. The second kappa shape index (κ2) is 9.08. The van der Waals surface area contributed by atoms with Crippen LogP contribution in [0, 0.1) is 34.9 Å². The number of aromatic nitrogens is 2. The Morgan fingerprint density at radius 2 is 1.90 bits per heavy atom. The number of piperidine rings is 1. The normalized spacial score (nSPS) is 25.7. The number of hydrogen-bond acceptors (Lipinski definition) is 5. The molecule has 3 fully saturated rings. The first-order chi connectivity index (χ1) is 18.5. The maximum Gasteiger partial charge on any atom is 0.411 e. The minimum Gasteiger partial charge on any atom is -0.444 e. The smallest absolute Gasteiger partial charge is 0.411 e. The molecule has 2 aromatic carbocycles. The predicted molar refractivity (Wildman–Crippen MR) is 143 cm³/mol. The number of amides is 2. The van der Waals surface area contributed by atoms with Crippen molar-refractivity contribution in [1.82, 2.24) is 20.0 Å². The lowest BCUT2D eigenvalue weighted by atomic mass is 9.95. The quantitative estimate of drug-likeness (QED) is 0.522. The fourth-order valence-corrected chi connectivity index (χ4v) is 6.62. The summed E-state index contributed by atoms with van der Waals surface area (Å²) in [5.41, 5.74) is 2.23. The van der Waals surface area contributed by atoms with Crippen LogP contribution in [-0.4, -0.2) is 50.4 Å². The number of aryl methyl sites for hydroxylation is 1. The molecular weight excluding hydrogens is 497 g/mol. The summed E-state index contributed by atoms with van der Waals surface area (Å²) >= 11 is 0. The highest BCUT2D eigenvalue weighted by molar-refractivity contribution is 5.88. The molecule has 1 aliphatic heterocycles. The Labute approximate surface area is 226 Å². The second-order valence-corrected chi connectivity index (χ2v) is 12.1. The summed E-state index contributed by atoms with van der Waals surface area (Å²) in [5, 5.41) is 17.8. The first-order valence-electron chi connectivity index (χ1n) is 13.5. The molecule has 9 heteroatoms. The maximum absolute atomic E-state index is 15.2. The van der Waals surface area contributed by atoms with Crippen molar-refractivity contribution in [1.29, 1.82) is 5.26 Å². The second-order valence-electron chi connectivity index (χ2n) is 12.1. The summed E-state index contributed by atoms with van der Waals surface area (Å²) in [4.78, 5) is 28.1. The van der Waals surface area contributed by atoms with Gasteiger partial charge in [0.2, 0.25) is 5.91 Å². The van der Waals surface area contributed by atoms with Crippen LogP contribution in [0.25, 0.3) is 22.0 Å². The van der Waals surface area contributed by atoms with Crippen molar-refractivity contribution in [3.8, 4) is 17.2 Å². The summed E-state index contributed by atoms with van der Waals surface area (Å²) in [5.74, 6) is 0.141. The number of ether oxygens (including phenoxy) is 1. The Hall–Kier alpha value is -3.93. The van der Waals surface area contributed by atoms with Crippen molar-refractivity contribution in [3.05, 3.63) is 54.0 Å². The molecular formula is C30H32FN5O3. The lowest BCUT2D eigenvalue weighted by Crippen LogP contribution is -2.56. The molecule has 0 unspecified atom stereocenters. The van der Waals surface area contributed by atoms with Gasteiger partial charge in [0, 0.05) is 24.9 Å². The van der Waals surface area contributed by atoms with E-state index in [9.17, 15) is 14.9 Å². The largest absolute Gasteiger partial charge is 0.444 e. The van der Waals surface area contributed by atoms with E-state index in [0.29, 0.717) is 23.0 Å². The number of benzene rings is 2. The fraction of sp³-hybridized carbons (Fsp3) is 0.467. The molecule has 6 atom stereocenters. The van der Waals surface area contributed by atoms with E-state index in [4.69, 9.17) is 4.74 Å². The molecule has 0 radical (unpaired) electrons. The van der Waals surface area contributed by atoms with Gasteiger partial charge in [0.1, 0.15) is 23.5 Å². The standard InChI is InChI=1S/C30H32FN5O3/c1-30(2,3)39-29(38)36-26-13-23(21-12-22(21)26)27(36)28(37)34-20(14-32)10-18-6-5-17(11-24(18)31)16-7-8-25-19(9-16)15-33-35(25)4/h5-9,11,15,20-23,26-27H,10,12-13H2,1-4H3,(H,34,37)/t20-,21+,22-,23+,26-,27-/m0/s1. The van der Waals surface area contributed by atoms with E-state index in [1.807, 2.05) is 31.3 Å². The topological polar surface area (TPSA) is 100 Å². The third kappa shape index (κ3) is 4.52. The minimum absolute atomic E-state index is 0.00186. The Bertz CT molecular complexity index is 1520. The van der Waals surface area contributed by atoms with E-state index in [-0.39, 0.29) is 24.3 Å². The third-order valence-corrected chi connectivity index (χ3v) is 8.41. The van der Waals surface area contributed by atoms with Crippen LogP contribution >= 0.6 is 0 Å². The Kier molecular flexibility index (Phi) is 5.90. The van der Waals surface area contributed by atoms with Crippen molar-refractivity contribution >= 4 is 22.9 Å². The molecule has 2 amide bonds. The highest BCUT2D eigenvalue weighted by atomic mass is 19.1. The van der Waals surface area contributed by atoms with Crippen LogP contribution in [0.4, 0.5) is 9.18 Å². The summed E-state index contributed by atoms with van der Waals surface area (Å²) in [6.45, 7) is 5.41. The number of rotatable bonds is 5. The zero-order valence-electron chi connectivity index (χ0n) is 22.5. The third-order valence-electron chi connectivity index (χ3n) is 8.41. The molecule has 2 heterocycles. The minimum atomic E-state index is -0.931. The van der Waals surface area contributed by atoms with Crippen LogP contribution in [0.3, 0.4) is 0 Å². The average molecular weight is 530 g/mol. The van der Waals surface area contributed by atoms with Crippen molar-refractivity contribution in [2.45, 2.75) is 63.8 Å². The molecule has 2 aliphatic carbocycles. The molecule has 8 nitrogen and oxygen atoms in total. The van der Waals surface area contributed by atoms with Crippen LogP contribution in [0.2, 0.25) is 0 Å². The predicted octanol–water partition coefficient (Wildman–Crippen LogP) is 4.57. The molecule has 6 rings (SSSR count). The van der Waals surface area contributed by atoms with Crippen molar-refractivity contribution in [2.24, 2.45) is 24.8 Å². The van der Waals surface area contributed by atoms with Crippen molar-refractivity contribution < 1.29 is 18.7 Å². The molecule has 1 aromatic heterocycles. The molecule has 2 bridgehead atoms. The van der Waals surface area contributed by atoms with Gasteiger partial charge < -0.3 is 10.1 Å². The van der Waals surface area contributed by atoms with Crippen molar-refractivity contribution in [3.63, 3.8) is 0 Å². The SMILES string of the molecule is Cn1ncc2cc(-c3ccc(C[C@@H](C#N)NC(=O)[C@@H]4[C@@H]5C[C@@H]([C@H]6C[C@@H]56)N4C(=O)OC(C)(C)C)c(F)c3)ccc21. The van der Waals surface area contributed by atoms with Gasteiger partial charge in [-0.3, -0.25) is 14.4 Å². The number of nitrogens with zero attached hydrogens (tertiary/aromatic N) is 4. The molecule has 1 saturated heterocycles. The molecule has 39 heavy (non-hydrogen) atoms. The lowest BCUT2D eigenvalue weighted by Gasteiger charge is -2.35. The van der Waals surface area contributed by atoms with E-state index < -0.39 is 29.6 Å². The Balaban J connectivity index is 1.16. The van der Waals surface area contributed by atoms with Crippen LogP contribution in [-0.2, 0) is 23.0 Å². The van der Waals surface area contributed by atoms with Gasteiger partial charge >= 0.3 is 6.09 Å². The molecule has 1 N–H and O–H groups in total. The van der Waals surface area contributed by atoms with Crippen LogP contribution in [0.1, 0.15) is 39.2 Å². The molecule has 3 aromatic rings. The average Bonchev–Trinajstić information content (AvgIpc) is 3.31. The van der Waals surface area contributed by atoms with Gasteiger partial charge in [-0.2, -0.15) is 10.4 Å². The number of nitrogens with one attached hydrogen (secondary N) is 1. The van der Waals surface area contributed by atoms with E-state index >= 15 is 4.39 Å². The van der Waals surface area contributed by atoms with E-state index in [1.54, 1.807) is 42.6 Å². The van der Waals surface area contributed by atoms with Crippen LogP contribution in [0.5, 0.6) is 0 Å². The zero-order chi connectivity index (χ0) is 27.6. The molecule has 2 saturated carbocycles.